The number of anilines is 1. The maximum atomic E-state index is 13.0. The molecular weight excluding hydrogens is 377 g/mol. The molecule has 0 saturated carbocycles. The second kappa shape index (κ2) is 7.81. The first kappa shape index (κ1) is 19.6. The molecule has 2 heterocycles. The fourth-order valence-corrected chi connectivity index (χ4v) is 4.14. The van der Waals surface area contributed by atoms with E-state index in [1.54, 1.807) is 0 Å². The number of rotatable bonds is 5. The van der Waals surface area contributed by atoms with Gasteiger partial charge in [-0.3, -0.25) is 9.69 Å². The summed E-state index contributed by atoms with van der Waals surface area (Å²) in [5.41, 5.74) is 0.531. The number of hydrogen-bond donors (Lipinski definition) is 1. The minimum Gasteiger partial charge on any atom is -0.442 e. The molecule has 8 nitrogen and oxygen atoms in total. The number of nitrogens with one attached hydrogen (secondary N) is 1. The van der Waals surface area contributed by atoms with Crippen LogP contribution in [0.15, 0.2) is 24.3 Å². The first-order valence-electron chi connectivity index (χ1n) is 8.70. The first-order chi connectivity index (χ1) is 12.7. The molecule has 1 atom stereocenters. The van der Waals surface area contributed by atoms with Crippen LogP contribution in [-0.2, 0) is 19.6 Å². The smallest absolute Gasteiger partial charge is 0.414 e. The Balaban J connectivity index is 1.47. The standard InChI is InChI=1S/C17H22FN3O5S/c1-27(24,25)20-8-6-12(7-9-20)16(22)19-10-15-11-21(17(23)26-15)14-4-2-13(18)3-5-14/h2-5,12,15H,6-11H2,1H3,(H,19,22). The summed E-state index contributed by atoms with van der Waals surface area (Å²) in [4.78, 5) is 25.7. The largest absolute Gasteiger partial charge is 0.442 e. The summed E-state index contributed by atoms with van der Waals surface area (Å²) in [6.07, 6.45) is 1.05. The Kier molecular flexibility index (Phi) is 5.66. The van der Waals surface area contributed by atoms with Gasteiger partial charge in [-0.15, -0.1) is 0 Å². The molecule has 1 aromatic rings. The fraction of sp³-hybridized carbons (Fsp3) is 0.529. The number of sulfonamides is 1. The van der Waals surface area contributed by atoms with Gasteiger partial charge in [-0.25, -0.2) is 21.9 Å². The molecule has 2 aliphatic heterocycles. The van der Waals surface area contributed by atoms with Crippen LogP contribution in [0.3, 0.4) is 0 Å². The van der Waals surface area contributed by atoms with E-state index in [9.17, 15) is 22.4 Å². The molecule has 10 heteroatoms. The van der Waals surface area contributed by atoms with E-state index in [0.29, 0.717) is 31.6 Å². The normalized spacial score (nSPS) is 21.9. The summed E-state index contributed by atoms with van der Waals surface area (Å²) in [5, 5.41) is 2.78. The van der Waals surface area contributed by atoms with Crippen molar-refractivity contribution in [2.45, 2.75) is 18.9 Å². The number of carbonyl (C=O) groups is 2. The van der Waals surface area contributed by atoms with Gasteiger partial charge in [0.25, 0.3) is 0 Å². The number of nitrogens with zero attached hydrogens (tertiary/aromatic N) is 2. The molecule has 3 rings (SSSR count). The fourth-order valence-electron chi connectivity index (χ4n) is 3.27. The van der Waals surface area contributed by atoms with Crippen LogP contribution in [0.1, 0.15) is 12.8 Å². The monoisotopic (exact) mass is 399 g/mol. The molecule has 1 aromatic carbocycles. The summed E-state index contributed by atoms with van der Waals surface area (Å²) in [6.45, 7) is 1.09. The molecule has 0 aliphatic carbocycles. The topological polar surface area (TPSA) is 96.0 Å². The quantitative estimate of drug-likeness (QED) is 0.795. The Hall–Kier alpha value is -2.20. The van der Waals surface area contributed by atoms with E-state index in [1.807, 2.05) is 0 Å². The molecule has 0 bridgehead atoms. The van der Waals surface area contributed by atoms with Crippen molar-refractivity contribution in [3.8, 4) is 0 Å². The highest BCUT2D eigenvalue weighted by atomic mass is 32.2. The number of benzene rings is 1. The Labute approximate surface area is 157 Å². The number of halogens is 1. The van der Waals surface area contributed by atoms with Crippen molar-refractivity contribution in [2.75, 3.05) is 37.3 Å². The lowest BCUT2D eigenvalue weighted by molar-refractivity contribution is -0.126. The molecule has 0 radical (unpaired) electrons. The van der Waals surface area contributed by atoms with Crippen molar-refractivity contribution >= 4 is 27.7 Å². The van der Waals surface area contributed by atoms with Gasteiger partial charge in [0, 0.05) is 24.7 Å². The van der Waals surface area contributed by atoms with Crippen molar-refractivity contribution in [1.82, 2.24) is 9.62 Å². The Morgan fingerprint density at radius 2 is 1.89 bits per heavy atom. The minimum absolute atomic E-state index is 0.167. The molecule has 2 fully saturated rings. The SMILES string of the molecule is CS(=O)(=O)N1CCC(C(=O)NCC2CN(c3ccc(F)cc3)C(=O)O2)CC1. The third-order valence-electron chi connectivity index (χ3n) is 4.81. The summed E-state index contributed by atoms with van der Waals surface area (Å²) in [7, 11) is -3.23. The number of hydrogen-bond acceptors (Lipinski definition) is 5. The van der Waals surface area contributed by atoms with E-state index in [0.717, 1.165) is 6.26 Å². The van der Waals surface area contributed by atoms with Gasteiger partial charge >= 0.3 is 6.09 Å². The van der Waals surface area contributed by atoms with Crippen LogP contribution in [0.4, 0.5) is 14.9 Å². The lowest BCUT2D eigenvalue weighted by Crippen LogP contribution is -2.44. The van der Waals surface area contributed by atoms with E-state index in [2.05, 4.69) is 5.32 Å². The molecule has 1 unspecified atom stereocenters. The molecule has 1 N–H and O–H groups in total. The van der Waals surface area contributed by atoms with Crippen LogP contribution in [0.25, 0.3) is 0 Å². The third-order valence-corrected chi connectivity index (χ3v) is 6.11. The Morgan fingerprint density at radius 3 is 2.48 bits per heavy atom. The van der Waals surface area contributed by atoms with Gasteiger partial charge in [-0.05, 0) is 37.1 Å². The minimum atomic E-state index is -3.23. The highest BCUT2D eigenvalue weighted by Crippen LogP contribution is 2.22. The summed E-state index contributed by atoms with van der Waals surface area (Å²) < 4.78 is 42.6. The van der Waals surface area contributed by atoms with Crippen molar-refractivity contribution in [1.29, 1.82) is 0 Å². The van der Waals surface area contributed by atoms with Crippen LogP contribution in [0.5, 0.6) is 0 Å². The van der Waals surface area contributed by atoms with Crippen LogP contribution >= 0.6 is 0 Å². The van der Waals surface area contributed by atoms with Crippen molar-refractivity contribution < 1.29 is 27.1 Å². The number of amides is 2. The lowest BCUT2D eigenvalue weighted by atomic mass is 9.97. The maximum absolute atomic E-state index is 13.0. The average molecular weight is 399 g/mol. The van der Waals surface area contributed by atoms with Gasteiger partial charge in [0.05, 0.1) is 19.3 Å². The first-order valence-corrected chi connectivity index (χ1v) is 10.6. The Bertz CT molecular complexity index is 806. The average Bonchev–Trinajstić information content (AvgIpc) is 3.00. The molecule has 0 spiro atoms. The molecule has 2 amide bonds. The highest BCUT2D eigenvalue weighted by Gasteiger charge is 2.34. The van der Waals surface area contributed by atoms with E-state index in [-0.39, 0.29) is 24.9 Å². The third kappa shape index (κ3) is 4.75. The molecule has 27 heavy (non-hydrogen) atoms. The van der Waals surface area contributed by atoms with Crippen LogP contribution in [0.2, 0.25) is 0 Å². The number of carbonyl (C=O) groups excluding carboxylic acids is 2. The van der Waals surface area contributed by atoms with Gasteiger partial charge < -0.3 is 10.1 Å². The molecule has 148 valence electrons. The predicted octanol–water partition coefficient (Wildman–Crippen LogP) is 0.939. The molecule has 2 saturated heterocycles. The van der Waals surface area contributed by atoms with E-state index in [4.69, 9.17) is 4.74 Å². The van der Waals surface area contributed by atoms with Gasteiger partial charge in [-0.1, -0.05) is 0 Å². The number of cyclic esters (lactones) is 1. The molecular formula is C17H22FN3O5S. The lowest BCUT2D eigenvalue weighted by Gasteiger charge is -2.29. The molecule has 0 aromatic heterocycles. The maximum Gasteiger partial charge on any atom is 0.414 e. The summed E-state index contributed by atoms with van der Waals surface area (Å²) in [6, 6.07) is 5.52. The van der Waals surface area contributed by atoms with Crippen LogP contribution in [0, 0.1) is 11.7 Å². The van der Waals surface area contributed by atoms with Gasteiger partial charge in [0.1, 0.15) is 11.9 Å². The number of ether oxygens (including phenoxy) is 1. The zero-order valence-electron chi connectivity index (χ0n) is 14.9. The van der Waals surface area contributed by atoms with E-state index in [1.165, 1.54) is 33.5 Å². The summed E-state index contributed by atoms with van der Waals surface area (Å²) in [5.74, 6) is -0.815. The zero-order valence-corrected chi connectivity index (χ0v) is 15.7. The predicted molar refractivity (Wildman–Crippen MR) is 96.2 cm³/mol. The van der Waals surface area contributed by atoms with E-state index < -0.39 is 28.0 Å². The second-order valence-corrected chi connectivity index (χ2v) is 8.76. The molecule has 2 aliphatic rings. The highest BCUT2D eigenvalue weighted by molar-refractivity contribution is 7.88. The Morgan fingerprint density at radius 1 is 1.26 bits per heavy atom. The summed E-state index contributed by atoms with van der Waals surface area (Å²) >= 11 is 0. The number of piperidine rings is 1. The van der Waals surface area contributed by atoms with Gasteiger partial charge in [0.2, 0.25) is 15.9 Å². The van der Waals surface area contributed by atoms with Crippen LogP contribution < -0.4 is 10.2 Å². The van der Waals surface area contributed by atoms with Crippen molar-refractivity contribution in [3.63, 3.8) is 0 Å². The van der Waals surface area contributed by atoms with Gasteiger partial charge in [-0.2, -0.15) is 0 Å². The second-order valence-electron chi connectivity index (χ2n) is 6.77. The van der Waals surface area contributed by atoms with Crippen molar-refractivity contribution in [3.05, 3.63) is 30.1 Å². The van der Waals surface area contributed by atoms with E-state index >= 15 is 0 Å². The van der Waals surface area contributed by atoms with Crippen molar-refractivity contribution in [2.24, 2.45) is 5.92 Å². The van der Waals surface area contributed by atoms with Gasteiger partial charge in [0.15, 0.2) is 0 Å². The zero-order chi connectivity index (χ0) is 19.6. The van der Waals surface area contributed by atoms with Crippen LogP contribution in [-0.4, -0.2) is 63.3 Å².